The van der Waals surface area contributed by atoms with Crippen molar-refractivity contribution >= 4 is 17.8 Å². The van der Waals surface area contributed by atoms with Crippen LogP contribution in [-0.4, -0.2) is 59.3 Å². The molecule has 6 N–H and O–H groups in total. The van der Waals surface area contributed by atoms with Gasteiger partial charge in [-0.1, -0.05) is 50.2 Å². The van der Waals surface area contributed by atoms with Crippen LogP contribution in [0.25, 0.3) is 0 Å². The van der Waals surface area contributed by atoms with Crippen LogP contribution in [0.1, 0.15) is 47.3 Å². The highest BCUT2D eigenvalue weighted by molar-refractivity contribution is 6.01. The van der Waals surface area contributed by atoms with E-state index in [9.17, 15) is 24.6 Å². The molecule has 9 nitrogen and oxygen atoms in total. The van der Waals surface area contributed by atoms with E-state index in [1.54, 1.807) is 37.3 Å². The van der Waals surface area contributed by atoms with Crippen LogP contribution in [0.15, 0.2) is 42.5 Å². The second kappa shape index (κ2) is 13.6. The van der Waals surface area contributed by atoms with Gasteiger partial charge >= 0.3 is 5.97 Å². The molecule has 196 valence electrons. The third-order valence-corrected chi connectivity index (χ3v) is 5.60. The first-order chi connectivity index (χ1) is 17.0. The minimum absolute atomic E-state index is 0.122. The summed E-state index contributed by atoms with van der Waals surface area (Å²) >= 11 is 0. The summed E-state index contributed by atoms with van der Waals surface area (Å²) < 4.78 is 5.96. The van der Waals surface area contributed by atoms with Crippen molar-refractivity contribution in [2.24, 2.45) is 11.7 Å². The van der Waals surface area contributed by atoms with Crippen molar-refractivity contribution in [3.05, 3.63) is 64.7 Å². The summed E-state index contributed by atoms with van der Waals surface area (Å²) in [5, 5.41) is 23.6. The van der Waals surface area contributed by atoms with Gasteiger partial charge in [0, 0.05) is 12.5 Å². The van der Waals surface area contributed by atoms with E-state index in [2.05, 4.69) is 24.5 Å². The Balaban J connectivity index is 2.31. The van der Waals surface area contributed by atoms with Crippen LogP contribution < -0.4 is 21.1 Å². The van der Waals surface area contributed by atoms with E-state index in [0.29, 0.717) is 17.2 Å². The van der Waals surface area contributed by atoms with Gasteiger partial charge < -0.3 is 31.3 Å². The first kappa shape index (κ1) is 28.8. The molecule has 0 saturated heterocycles. The Hall–Kier alpha value is -3.43. The van der Waals surface area contributed by atoms with Crippen LogP contribution in [0.2, 0.25) is 0 Å². The second-order valence-corrected chi connectivity index (χ2v) is 9.45. The maximum absolute atomic E-state index is 13.4. The fraction of sp³-hybridized carbons (Fsp3) is 0.444. The average molecular weight is 500 g/mol. The Morgan fingerprint density at radius 1 is 1.03 bits per heavy atom. The maximum Gasteiger partial charge on any atom is 0.328 e. The molecule has 0 fully saturated rings. The number of nitrogens with two attached hydrogens (primary N) is 1. The molecule has 0 spiro atoms. The van der Waals surface area contributed by atoms with Gasteiger partial charge in [0.1, 0.15) is 24.4 Å². The third-order valence-electron chi connectivity index (χ3n) is 5.60. The minimum atomic E-state index is -1.49. The molecular formula is C27H37N3O6. The summed E-state index contributed by atoms with van der Waals surface area (Å²) in [4.78, 5) is 37.7. The summed E-state index contributed by atoms with van der Waals surface area (Å²) in [5.41, 5.74) is 8.78. The topological polar surface area (TPSA) is 151 Å². The van der Waals surface area contributed by atoms with E-state index < -0.39 is 36.5 Å². The Morgan fingerprint density at radius 3 is 2.28 bits per heavy atom. The number of benzene rings is 2. The number of aliphatic hydroxyl groups excluding tert-OH is 1. The quantitative estimate of drug-likeness (QED) is 0.283. The zero-order valence-electron chi connectivity index (χ0n) is 21.3. The first-order valence-corrected chi connectivity index (χ1v) is 12.0. The SMILES string of the molecule is Cc1cc(C)c(C(=O)N[C@@H](Cc2ccccc2)C(=O)N[C@@H](CO)C(=O)O)c(OC[C@H](N)CC(C)C)c1. The lowest BCUT2D eigenvalue weighted by Crippen LogP contribution is -2.53. The molecule has 0 bridgehead atoms. The number of carbonyl (C=O) groups excluding carboxylic acids is 2. The number of carbonyl (C=O) groups is 3. The molecule has 3 atom stereocenters. The van der Waals surface area contributed by atoms with Crippen LogP contribution >= 0.6 is 0 Å². The average Bonchev–Trinajstić information content (AvgIpc) is 2.80. The van der Waals surface area contributed by atoms with E-state index >= 15 is 0 Å². The summed E-state index contributed by atoms with van der Waals surface area (Å²) in [6.45, 7) is 7.26. The van der Waals surface area contributed by atoms with Crippen LogP contribution in [0.3, 0.4) is 0 Å². The Bertz CT molecular complexity index is 1040. The molecule has 0 aliphatic heterocycles. The van der Waals surface area contributed by atoms with E-state index in [-0.39, 0.29) is 24.6 Å². The number of hydrogen-bond acceptors (Lipinski definition) is 6. The molecular weight excluding hydrogens is 462 g/mol. The lowest BCUT2D eigenvalue weighted by atomic mass is 10.0. The Morgan fingerprint density at radius 2 is 1.69 bits per heavy atom. The fourth-order valence-corrected chi connectivity index (χ4v) is 3.95. The number of nitrogens with one attached hydrogen (secondary N) is 2. The van der Waals surface area contributed by atoms with E-state index in [4.69, 9.17) is 10.5 Å². The van der Waals surface area contributed by atoms with Gasteiger partial charge in [-0.15, -0.1) is 0 Å². The molecule has 0 aliphatic carbocycles. The number of carboxylic acid groups (broad SMARTS) is 1. The number of rotatable bonds is 13. The summed E-state index contributed by atoms with van der Waals surface area (Å²) in [5.74, 6) is -1.87. The van der Waals surface area contributed by atoms with Gasteiger partial charge in [0.25, 0.3) is 5.91 Å². The number of aliphatic hydroxyl groups is 1. The largest absolute Gasteiger partial charge is 0.491 e. The van der Waals surface area contributed by atoms with Crippen molar-refractivity contribution in [2.75, 3.05) is 13.2 Å². The number of ether oxygens (including phenoxy) is 1. The number of aliphatic carboxylic acids is 1. The van der Waals surface area contributed by atoms with Gasteiger partial charge in [-0.25, -0.2) is 4.79 Å². The minimum Gasteiger partial charge on any atom is -0.491 e. The lowest BCUT2D eigenvalue weighted by Gasteiger charge is -2.23. The third kappa shape index (κ3) is 8.66. The predicted octanol–water partition coefficient (Wildman–Crippen LogP) is 1.96. The molecule has 0 heterocycles. The molecule has 0 unspecified atom stereocenters. The zero-order valence-corrected chi connectivity index (χ0v) is 21.3. The zero-order chi connectivity index (χ0) is 26.8. The van der Waals surface area contributed by atoms with Crippen LogP contribution in [0, 0.1) is 19.8 Å². The second-order valence-electron chi connectivity index (χ2n) is 9.45. The molecule has 2 amide bonds. The highest BCUT2D eigenvalue weighted by Crippen LogP contribution is 2.25. The number of carboxylic acids is 1. The van der Waals surface area contributed by atoms with Crippen molar-refractivity contribution in [3.8, 4) is 5.75 Å². The highest BCUT2D eigenvalue weighted by atomic mass is 16.5. The van der Waals surface area contributed by atoms with Gasteiger partial charge in [0.15, 0.2) is 0 Å². The van der Waals surface area contributed by atoms with Crippen molar-refractivity contribution in [1.82, 2.24) is 10.6 Å². The molecule has 2 aromatic carbocycles. The normalized spacial score (nSPS) is 13.5. The lowest BCUT2D eigenvalue weighted by molar-refractivity contribution is -0.143. The maximum atomic E-state index is 13.4. The predicted molar refractivity (Wildman–Crippen MR) is 137 cm³/mol. The van der Waals surface area contributed by atoms with Gasteiger partial charge in [-0.05, 0) is 48.9 Å². The van der Waals surface area contributed by atoms with Crippen LogP contribution in [0.5, 0.6) is 5.75 Å². The molecule has 2 aromatic rings. The van der Waals surface area contributed by atoms with E-state index in [0.717, 1.165) is 17.5 Å². The number of amides is 2. The molecule has 36 heavy (non-hydrogen) atoms. The van der Waals surface area contributed by atoms with Gasteiger partial charge in [-0.3, -0.25) is 9.59 Å². The monoisotopic (exact) mass is 499 g/mol. The Labute approximate surface area is 212 Å². The van der Waals surface area contributed by atoms with E-state index in [1.165, 1.54) is 0 Å². The summed E-state index contributed by atoms with van der Waals surface area (Å²) in [6.07, 6.45) is 0.887. The number of aryl methyl sites for hydroxylation is 2. The van der Waals surface area contributed by atoms with E-state index in [1.807, 2.05) is 19.1 Å². The van der Waals surface area contributed by atoms with Gasteiger partial charge in [0.05, 0.1) is 12.2 Å². The molecule has 2 rings (SSSR count). The smallest absolute Gasteiger partial charge is 0.328 e. The van der Waals surface area contributed by atoms with Crippen LogP contribution in [-0.2, 0) is 16.0 Å². The molecule has 0 aliphatic rings. The Kier molecular flexibility index (Phi) is 10.9. The number of hydrogen-bond donors (Lipinski definition) is 5. The van der Waals surface area contributed by atoms with Crippen molar-refractivity contribution in [3.63, 3.8) is 0 Å². The molecule has 0 radical (unpaired) electrons. The first-order valence-electron chi connectivity index (χ1n) is 12.0. The molecule has 0 aromatic heterocycles. The standard InChI is InChI=1S/C27H37N3O6/c1-16(2)10-20(28)15-36-23-12-17(3)11-18(4)24(23)26(33)29-21(13-19-8-6-5-7-9-19)25(32)30-22(14-31)27(34)35/h5-9,11-12,16,20-22,31H,10,13-15,28H2,1-4H3,(H,29,33)(H,30,32)(H,34,35)/t20-,21+,22+/m1/s1. The van der Waals surface area contributed by atoms with Crippen LogP contribution in [0.4, 0.5) is 0 Å². The van der Waals surface area contributed by atoms with Crippen molar-refractivity contribution in [2.45, 2.75) is 58.7 Å². The molecule has 0 saturated carbocycles. The van der Waals surface area contributed by atoms with Crippen molar-refractivity contribution in [1.29, 1.82) is 0 Å². The van der Waals surface area contributed by atoms with Gasteiger partial charge in [0.2, 0.25) is 5.91 Å². The highest BCUT2D eigenvalue weighted by Gasteiger charge is 2.28. The fourth-order valence-electron chi connectivity index (χ4n) is 3.95. The van der Waals surface area contributed by atoms with Gasteiger partial charge in [-0.2, -0.15) is 0 Å². The summed E-state index contributed by atoms with van der Waals surface area (Å²) in [6, 6.07) is 9.84. The van der Waals surface area contributed by atoms with Crippen molar-refractivity contribution < 1.29 is 29.3 Å². The summed E-state index contributed by atoms with van der Waals surface area (Å²) in [7, 11) is 0. The molecule has 9 heteroatoms.